The second-order valence-electron chi connectivity index (χ2n) is 7.40. The summed E-state index contributed by atoms with van der Waals surface area (Å²) >= 11 is 0. The first-order chi connectivity index (χ1) is 13.8. The molecule has 0 spiro atoms. The Bertz CT molecular complexity index is 819. The van der Waals surface area contributed by atoms with Gasteiger partial charge in [0.25, 0.3) is 0 Å². The highest BCUT2D eigenvalue weighted by atomic mass is 16.7. The van der Waals surface area contributed by atoms with E-state index >= 15 is 0 Å². The number of aryl methyl sites for hydroxylation is 2. The fourth-order valence-electron chi connectivity index (χ4n) is 3.53. The molecular weight excluding hydrogens is 376 g/mol. The van der Waals surface area contributed by atoms with Crippen molar-refractivity contribution >= 4 is 0 Å². The van der Waals surface area contributed by atoms with Crippen LogP contribution in [-0.2, 0) is 11.2 Å². The van der Waals surface area contributed by atoms with E-state index in [1.807, 2.05) is 50.2 Å². The molecule has 7 nitrogen and oxygen atoms in total. The van der Waals surface area contributed by atoms with Crippen LogP contribution in [0.3, 0.4) is 0 Å². The highest BCUT2D eigenvalue weighted by Crippen LogP contribution is 2.31. The molecule has 4 N–H and O–H groups in total. The minimum Gasteiger partial charge on any atom is -0.497 e. The van der Waals surface area contributed by atoms with E-state index in [4.69, 9.17) is 14.2 Å². The molecule has 1 heterocycles. The first-order valence-electron chi connectivity index (χ1n) is 9.54. The van der Waals surface area contributed by atoms with Crippen LogP contribution in [0.2, 0.25) is 0 Å². The first kappa shape index (κ1) is 21.5. The summed E-state index contributed by atoms with van der Waals surface area (Å²) in [6.07, 6.45) is -6.02. The van der Waals surface area contributed by atoms with E-state index in [2.05, 4.69) is 0 Å². The van der Waals surface area contributed by atoms with Gasteiger partial charge in [-0.05, 0) is 48.7 Å². The Morgan fingerprint density at radius 2 is 1.66 bits per heavy atom. The largest absolute Gasteiger partial charge is 0.497 e. The zero-order valence-electron chi connectivity index (χ0n) is 16.8. The van der Waals surface area contributed by atoms with Gasteiger partial charge in [0.1, 0.15) is 35.9 Å². The van der Waals surface area contributed by atoms with Crippen molar-refractivity contribution in [3.05, 3.63) is 58.7 Å². The van der Waals surface area contributed by atoms with E-state index < -0.39 is 37.3 Å². The maximum absolute atomic E-state index is 10.3. The van der Waals surface area contributed by atoms with Gasteiger partial charge in [-0.2, -0.15) is 0 Å². The highest BCUT2D eigenvalue weighted by Gasteiger charge is 2.44. The van der Waals surface area contributed by atoms with E-state index in [0.717, 1.165) is 28.0 Å². The molecule has 0 saturated carbocycles. The Morgan fingerprint density at radius 3 is 2.28 bits per heavy atom. The number of aliphatic hydroxyl groups is 4. The normalized spacial score (nSPS) is 26.9. The van der Waals surface area contributed by atoms with Gasteiger partial charge in [0.15, 0.2) is 0 Å². The second kappa shape index (κ2) is 9.11. The molecule has 1 saturated heterocycles. The highest BCUT2D eigenvalue weighted by molar-refractivity contribution is 5.46. The van der Waals surface area contributed by atoms with Crippen molar-refractivity contribution in [3.63, 3.8) is 0 Å². The van der Waals surface area contributed by atoms with Crippen molar-refractivity contribution < 1.29 is 34.6 Å². The molecule has 1 aliphatic rings. The molecule has 0 aromatic heterocycles. The van der Waals surface area contributed by atoms with Crippen LogP contribution in [0.4, 0.5) is 0 Å². The lowest BCUT2D eigenvalue weighted by Crippen LogP contribution is -2.60. The van der Waals surface area contributed by atoms with Crippen LogP contribution < -0.4 is 9.47 Å². The topological polar surface area (TPSA) is 109 Å². The van der Waals surface area contributed by atoms with Gasteiger partial charge in [0.2, 0.25) is 6.29 Å². The Kier molecular flexibility index (Phi) is 6.77. The second-order valence-corrected chi connectivity index (χ2v) is 7.40. The van der Waals surface area contributed by atoms with Crippen molar-refractivity contribution in [1.82, 2.24) is 0 Å². The van der Waals surface area contributed by atoms with E-state index in [1.54, 1.807) is 7.11 Å². The van der Waals surface area contributed by atoms with Gasteiger partial charge >= 0.3 is 0 Å². The molecule has 3 rings (SSSR count). The Hall–Kier alpha value is -2.16. The lowest BCUT2D eigenvalue weighted by Gasteiger charge is -2.39. The lowest BCUT2D eigenvalue weighted by atomic mass is 9.97. The van der Waals surface area contributed by atoms with Gasteiger partial charge < -0.3 is 34.6 Å². The monoisotopic (exact) mass is 404 g/mol. The number of rotatable bonds is 6. The number of methoxy groups -OCH3 is 1. The third-order valence-electron chi connectivity index (χ3n) is 5.21. The number of aliphatic hydroxyl groups excluding tert-OH is 4. The van der Waals surface area contributed by atoms with Gasteiger partial charge in [-0.25, -0.2) is 0 Å². The molecule has 1 fully saturated rings. The van der Waals surface area contributed by atoms with Crippen molar-refractivity contribution in [3.8, 4) is 11.5 Å². The van der Waals surface area contributed by atoms with Crippen LogP contribution in [-0.4, -0.2) is 64.8 Å². The smallest absolute Gasteiger partial charge is 0.229 e. The summed E-state index contributed by atoms with van der Waals surface area (Å²) in [7, 11) is 1.62. The quantitative estimate of drug-likeness (QED) is 0.571. The molecule has 0 bridgehead atoms. The predicted octanol–water partition coefficient (Wildman–Crippen LogP) is 1.08. The molecule has 5 unspecified atom stereocenters. The summed E-state index contributed by atoms with van der Waals surface area (Å²) in [6, 6.07) is 11.6. The Morgan fingerprint density at radius 1 is 0.966 bits per heavy atom. The van der Waals surface area contributed by atoms with Crippen molar-refractivity contribution in [2.24, 2.45) is 0 Å². The van der Waals surface area contributed by atoms with Crippen molar-refractivity contribution in [1.29, 1.82) is 0 Å². The minimum absolute atomic E-state index is 0.504. The summed E-state index contributed by atoms with van der Waals surface area (Å²) in [5.41, 5.74) is 3.95. The molecule has 7 heteroatoms. The van der Waals surface area contributed by atoms with Gasteiger partial charge in [-0.1, -0.05) is 18.2 Å². The number of ether oxygens (including phenoxy) is 3. The third-order valence-corrected chi connectivity index (χ3v) is 5.21. The summed E-state index contributed by atoms with van der Waals surface area (Å²) < 4.78 is 16.7. The maximum Gasteiger partial charge on any atom is 0.229 e. The predicted molar refractivity (Wildman–Crippen MR) is 106 cm³/mol. The van der Waals surface area contributed by atoms with Crippen LogP contribution >= 0.6 is 0 Å². The summed E-state index contributed by atoms with van der Waals surface area (Å²) in [6.45, 7) is 3.41. The SMILES string of the molecule is COc1ccc(Cc2c(C)cc(C)cc2OC2OC(CO)C(O)C(O)C2O)cc1. The van der Waals surface area contributed by atoms with E-state index in [0.29, 0.717) is 12.2 Å². The molecule has 0 radical (unpaired) electrons. The maximum atomic E-state index is 10.3. The average Bonchev–Trinajstić information content (AvgIpc) is 2.71. The molecule has 29 heavy (non-hydrogen) atoms. The van der Waals surface area contributed by atoms with E-state index in [-0.39, 0.29) is 0 Å². The Labute approximate surface area is 170 Å². The molecule has 5 atom stereocenters. The summed E-state index contributed by atoms with van der Waals surface area (Å²) in [5.74, 6) is 1.29. The third kappa shape index (κ3) is 4.71. The molecular formula is C22H28O7. The number of benzene rings is 2. The van der Waals surface area contributed by atoms with Crippen LogP contribution in [0.15, 0.2) is 36.4 Å². The fourth-order valence-corrected chi connectivity index (χ4v) is 3.53. The molecule has 158 valence electrons. The Balaban J connectivity index is 1.88. The van der Waals surface area contributed by atoms with Crippen LogP contribution in [0.5, 0.6) is 11.5 Å². The number of hydrogen-bond acceptors (Lipinski definition) is 7. The fraction of sp³-hybridized carbons (Fsp3) is 0.455. The average molecular weight is 404 g/mol. The standard InChI is InChI=1S/C22H28O7/c1-12-8-13(2)16(10-14-4-6-15(27-3)7-5-14)17(9-12)28-22-21(26)20(25)19(24)18(11-23)29-22/h4-9,18-26H,10-11H2,1-3H3. The van der Waals surface area contributed by atoms with Crippen molar-refractivity contribution in [2.75, 3.05) is 13.7 Å². The van der Waals surface area contributed by atoms with Crippen LogP contribution in [0.1, 0.15) is 22.3 Å². The van der Waals surface area contributed by atoms with Gasteiger partial charge in [0.05, 0.1) is 13.7 Å². The van der Waals surface area contributed by atoms with E-state index in [1.165, 1.54) is 0 Å². The first-order valence-corrected chi connectivity index (χ1v) is 9.54. The zero-order chi connectivity index (χ0) is 21.1. The summed E-state index contributed by atoms with van der Waals surface area (Å²) in [5, 5.41) is 39.7. The van der Waals surface area contributed by atoms with Crippen molar-refractivity contribution in [2.45, 2.75) is 51.0 Å². The molecule has 0 aliphatic carbocycles. The molecule has 2 aromatic carbocycles. The summed E-state index contributed by atoms with van der Waals surface area (Å²) in [4.78, 5) is 0. The van der Waals surface area contributed by atoms with Gasteiger partial charge in [-0.15, -0.1) is 0 Å². The minimum atomic E-state index is -1.48. The van der Waals surface area contributed by atoms with E-state index in [9.17, 15) is 20.4 Å². The molecule has 1 aliphatic heterocycles. The molecule has 0 amide bonds. The van der Waals surface area contributed by atoms with Crippen LogP contribution in [0.25, 0.3) is 0 Å². The van der Waals surface area contributed by atoms with Crippen LogP contribution in [0, 0.1) is 13.8 Å². The number of hydrogen-bond donors (Lipinski definition) is 4. The molecule has 2 aromatic rings. The van der Waals surface area contributed by atoms with Gasteiger partial charge in [-0.3, -0.25) is 0 Å². The zero-order valence-corrected chi connectivity index (χ0v) is 16.8. The lowest BCUT2D eigenvalue weighted by molar-refractivity contribution is -0.277. The van der Waals surface area contributed by atoms with Gasteiger partial charge in [0, 0.05) is 12.0 Å².